The number of halogens is 2. The van der Waals surface area contributed by atoms with Crippen molar-refractivity contribution in [3.05, 3.63) is 34.5 Å². The second-order valence-electron chi connectivity index (χ2n) is 11.2. The molecule has 4 aromatic rings. The Morgan fingerprint density at radius 3 is 2.59 bits per heavy atom. The fourth-order valence-electron chi connectivity index (χ4n) is 6.86. The lowest BCUT2D eigenvalue weighted by atomic mass is 9.93. The molecule has 2 unspecified atom stereocenters. The molecule has 2 bridgehead atoms. The van der Waals surface area contributed by atoms with Crippen LogP contribution in [0.2, 0.25) is 0 Å². The zero-order chi connectivity index (χ0) is 30.5. The van der Waals surface area contributed by atoms with E-state index >= 15 is 4.39 Å². The summed E-state index contributed by atoms with van der Waals surface area (Å²) in [6, 6.07) is 2.42. The van der Waals surface area contributed by atoms with Crippen LogP contribution >= 0.6 is 11.3 Å². The predicted octanol–water partition coefficient (Wildman–Crippen LogP) is 3.99. The molecule has 2 fully saturated rings. The standard InChI is InChI=1S/C30H31F2N7O4S/c1-40-7-8-42-6-5-38-11-15-3-4-16(12-38)39(15)29-23-19-14-43-13-18(19)21(24(32)26(23)36-30(37-29)41-2)25-22-17(9-33)28(34)44-27(22)20(31)10-35-25/h10,15-16H,3-8,11-14,34H2,1-2H3. The van der Waals surface area contributed by atoms with Crippen molar-refractivity contribution in [1.29, 1.82) is 5.26 Å². The number of nitrogens with zero attached hydrogens (tertiary/aromatic N) is 6. The molecule has 3 aromatic heterocycles. The summed E-state index contributed by atoms with van der Waals surface area (Å²) in [6.45, 7) is 4.56. The van der Waals surface area contributed by atoms with Gasteiger partial charge in [-0.3, -0.25) is 9.88 Å². The summed E-state index contributed by atoms with van der Waals surface area (Å²) in [7, 11) is 3.11. The maximum Gasteiger partial charge on any atom is 0.318 e. The highest BCUT2D eigenvalue weighted by Crippen LogP contribution is 2.48. The summed E-state index contributed by atoms with van der Waals surface area (Å²) in [5, 5.41) is 10.8. The number of hydrogen-bond acceptors (Lipinski definition) is 12. The van der Waals surface area contributed by atoms with E-state index in [1.807, 2.05) is 6.07 Å². The van der Waals surface area contributed by atoms with Crippen LogP contribution in [-0.2, 0) is 27.4 Å². The highest BCUT2D eigenvalue weighted by Gasteiger charge is 2.43. The molecule has 1 aromatic carbocycles. The minimum Gasteiger partial charge on any atom is -0.467 e. The number of ether oxygens (including phenoxy) is 4. The van der Waals surface area contributed by atoms with Crippen molar-refractivity contribution in [3.8, 4) is 23.3 Å². The molecule has 0 radical (unpaired) electrons. The average molecular weight is 624 g/mol. The summed E-state index contributed by atoms with van der Waals surface area (Å²) in [5.74, 6) is -0.657. The number of nitrogen functional groups attached to an aromatic ring is 1. The molecule has 0 spiro atoms. The van der Waals surface area contributed by atoms with Gasteiger partial charge in [0, 0.05) is 49.8 Å². The number of fused-ring (bicyclic) bond motifs is 6. The van der Waals surface area contributed by atoms with Gasteiger partial charge >= 0.3 is 6.01 Å². The van der Waals surface area contributed by atoms with Crippen LogP contribution in [0.1, 0.15) is 29.5 Å². The first-order chi connectivity index (χ1) is 21.4. The van der Waals surface area contributed by atoms with Crippen LogP contribution in [0, 0.1) is 23.0 Å². The molecule has 0 saturated carbocycles. The van der Waals surface area contributed by atoms with Gasteiger partial charge in [0.05, 0.1) is 67.7 Å². The number of nitrogens with two attached hydrogens (primary N) is 1. The topological polar surface area (TPSA) is 132 Å². The molecule has 0 aliphatic carbocycles. The van der Waals surface area contributed by atoms with Gasteiger partial charge in [-0.1, -0.05) is 0 Å². The molecule has 6 heterocycles. The summed E-state index contributed by atoms with van der Waals surface area (Å²) in [4.78, 5) is 18.3. The number of pyridine rings is 1. The van der Waals surface area contributed by atoms with Crippen LogP contribution in [-0.4, -0.2) is 85.6 Å². The number of anilines is 2. The summed E-state index contributed by atoms with van der Waals surface area (Å²) < 4.78 is 54.1. The number of nitriles is 1. The molecule has 44 heavy (non-hydrogen) atoms. The van der Waals surface area contributed by atoms with Crippen LogP contribution in [0.3, 0.4) is 0 Å². The van der Waals surface area contributed by atoms with E-state index in [1.54, 1.807) is 7.11 Å². The lowest BCUT2D eigenvalue weighted by Crippen LogP contribution is -2.54. The maximum absolute atomic E-state index is 16.9. The van der Waals surface area contributed by atoms with Gasteiger partial charge in [0.15, 0.2) is 11.6 Å². The molecule has 2 N–H and O–H groups in total. The predicted molar refractivity (Wildman–Crippen MR) is 161 cm³/mol. The molecule has 0 amide bonds. The largest absolute Gasteiger partial charge is 0.467 e. The molecular formula is C30H31F2N7O4S. The monoisotopic (exact) mass is 623 g/mol. The number of piperazine rings is 1. The third-order valence-corrected chi connectivity index (χ3v) is 9.80. The van der Waals surface area contributed by atoms with Crippen molar-refractivity contribution in [2.75, 3.05) is 64.3 Å². The van der Waals surface area contributed by atoms with Gasteiger partial charge in [0.25, 0.3) is 0 Å². The van der Waals surface area contributed by atoms with Gasteiger partial charge in [-0.05, 0) is 24.0 Å². The van der Waals surface area contributed by atoms with Crippen molar-refractivity contribution >= 4 is 43.1 Å². The highest BCUT2D eigenvalue weighted by molar-refractivity contribution is 7.23. The quantitative estimate of drug-likeness (QED) is 0.272. The Labute approximate surface area is 256 Å². The van der Waals surface area contributed by atoms with Crippen LogP contribution in [0.4, 0.5) is 19.6 Å². The van der Waals surface area contributed by atoms with E-state index in [2.05, 4.69) is 19.8 Å². The van der Waals surface area contributed by atoms with Crippen LogP contribution in [0.25, 0.3) is 32.2 Å². The van der Waals surface area contributed by atoms with Gasteiger partial charge in [-0.2, -0.15) is 15.2 Å². The number of methoxy groups -OCH3 is 2. The molecule has 2 saturated heterocycles. The second-order valence-corrected chi connectivity index (χ2v) is 12.2. The smallest absolute Gasteiger partial charge is 0.318 e. The van der Waals surface area contributed by atoms with E-state index in [4.69, 9.17) is 29.7 Å². The lowest BCUT2D eigenvalue weighted by molar-refractivity contribution is 0.0537. The molecule has 3 aliphatic heterocycles. The normalized spacial score (nSPS) is 19.7. The Morgan fingerprint density at radius 1 is 1.09 bits per heavy atom. The molecule has 14 heteroatoms. The van der Waals surface area contributed by atoms with E-state index in [0.29, 0.717) is 36.6 Å². The number of likely N-dealkylation sites (tertiary alicyclic amines) is 1. The van der Waals surface area contributed by atoms with Crippen molar-refractivity contribution in [3.63, 3.8) is 0 Å². The van der Waals surface area contributed by atoms with Crippen LogP contribution in [0.15, 0.2) is 6.20 Å². The molecular weight excluding hydrogens is 592 g/mol. The first-order valence-electron chi connectivity index (χ1n) is 14.5. The maximum atomic E-state index is 16.9. The van der Waals surface area contributed by atoms with Gasteiger partial charge < -0.3 is 29.6 Å². The Morgan fingerprint density at radius 2 is 1.86 bits per heavy atom. The fourth-order valence-corrected chi connectivity index (χ4v) is 7.78. The molecule has 230 valence electrons. The molecule has 3 aliphatic rings. The number of hydrogen-bond donors (Lipinski definition) is 1. The van der Waals surface area contributed by atoms with Crippen molar-refractivity contribution in [2.45, 2.75) is 38.1 Å². The summed E-state index contributed by atoms with van der Waals surface area (Å²) in [6.07, 6.45) is 2.99. The molecule has 11 nitrogen and oxygen atoms in total. The number of aromatic nitrogens is 3. The SMILES string of the molecule is COCCOCCN1CC2CCC(C1)N2c1nc(OC)nc2c(F)c(-c3ncc(F)c4sc(N)c(C#N)c34)c3c(c12)COC3. The minimum absolute atomic E-state index is 0.0410. The molecule has 2 atom stereocenters. The van der Waals surface area contributed by atoms with Gasteiger partial charge in [-0.25, -0.2) is 8.78 Å². The lowest BCUT2D eigenvalue weighted by Gasteiger charge is -2.42. The zero-order valence-electron chi connectivity index (χ0n) is 24.4. The Balaban J connectivity index is 1.35. The van der Waals surface area contributed by atoms with E-state index in [0.717, 1.165) is 55.6 Å². The average Bonchev–Trinajstić information content (AvgIpc) is 3.71. The minimum atomic E-state index is -0.653. The highest BCUT2D eigenvalue weighted by atomic mass is 32.1. The summed E-state index contributed by atoms with van der Waals surface area (Å²) in [5.41, 5.74) is 7.80. The number of benzene rings is 1. The van der Waals surface area contributed by atoms with E-state index in [9.17, 15) is 9.65 Å². The summed E-state index contributed by atoms with van der Waals surface area (Å²) >= 11 is 0.941. The second kappa shape index (κ2) is 11.6. The van der Waals surface area contributed by atoms with Crippen LogP contribution in [0.5, 0.6) is 6.01 Å². The first kappa shape index (κ1) is 29.0. The zero-order valence-corrected chi connectivity index (χ0v) is 25.2. The third-order valence-electron chi connectivity index (χ3n) is 8.77. The fraction of sp³-hybridized carbons (Fsp3) is 0.467. The van der Waals surface area contributed by atoms with Crippen molar-refractivity contribution in [1.82, 2.24) is 19.9 Å². The Kier molecular flexibility index (Phi) is 7.67. The Bertz CT molecular complexity index is 1800. The van der Waals surface area contributed by atoms with Gasteiger partial charge in [-0.15, -0.1) is 11.3 Å². The Hall–Kier alpha value is -3.74. The van der Waals surface area contributed by atoms with Crippen molar-refractivity contribution < 1.29 is 27.7 Å². The van der Waals surface area contributed by atoms with E-state index in [1.165, 1.54) is 7.11 Å². The number of thiophene rings is 1. The number of rotatable bonds is 9. The van der Waals surface area contributed by atoms with E-state index in [-0.39, 0.29) is 68.7 Å². The third kappa shape index (κ3) is 4.62. The van der Waals surface area contributed by atoms with Gasteiger partial charge in [0.2, 0.25) is 0 Å². The van der Waals surface area contributed by atoms with Crippen LogP contribution < -0.4 is 15.4 Å². The molecule has 7 rings (SSSR count). The van der Waals surface area contributed by atoms with E-state index < -0.39 is 11.6 Å². The van der Waals surface area contributed by atoms with Gasteiger partial charge in [0.1, 0.15) is 22.4 Å². The first-order valence-corrected chi connectivity index (χ1v) is 15.3. The van der Waals surface area contributed by atoms with Crippen molar-refractivity contribution in [2.24, 2.45) is 0 Å².